The summed E-state index contributed by atoms with van der Waals surface area (Å²) in [5, 5.41) is 0. The van der Waals surface area contributed by atoms with Gasteiger partial charge in [0, 0.05) is 23.5 Å². The van der Waals surface area contributed by atoms with Gasteiger partial charge in [0.2, 0.25) is 0 Å². The largest absolute Gasteiger partial charge is 0.495 e. The summed E-state index contributed by atoms with van der Waals surface area (Å²) in [4.78, 5) is 2.42. The predicted molar refractivity (Wildman–Crippen MR) is 86.7 cm³/mol. The Bertz CT molecular complexity index is 582. The van der Waals surface area contributed by atoms with Crippen molar-refractivity contribution >= 4 is 21.6 Å². The van der Waals surface area contributed by atoms with E-state index in [4.69, 9.17) is 4.74 Å². The molecule has 1 fully saturated rings. The fraction of sp³-hybridized carbons (Fsp3) is 0.294. The maximum absolute atomic E-state index is 5.47. The Morgan fingerprint density at radius 3 is 2.60 bits per heavy atom. The van der Waals surface area contributed by atoms with Gasteiger partial charge in [-0.2, -0.15) is 0 Å². The van der Waals surface area contributed by atoms with Crippen LogP contribution in [0.2, 0.25) is 0 Å². The minimum atomic E-state index is 0.605. The van der Waals surface area contributed by atoms with Crippen LogP contribution in [0.4, 0.5) is 5.69 Å². The Morgan fingerprint density at radius 2 is 1.85 bits per heavy atom. The number of rotatable bonds is 3. The second-order valence-electron chi connectivity index (χ2n) is 5.16. The number of hydrogen-bond donors (Lipinski definition) is 0. The first kappa shape index (κ1) is 13.5. The van der Waals surface area contributed by atoms with Crippen LogP contribution in [0.25, 0.3) is 0 Å². The highest BCUT2D eigenvalue weighted by Gasteiger charge is 2.25. The van der Waals surface area contributed by atoms with Crippen molar-refractivity contribution in [2.75, 3.05) is 25.1 Å². The van der Waals surface area contributed by atoms with Crippen LogP contribution in [0.3, 0.4) is 0 Å². The minimum Gasteiger partial charge on any atom is -0.495 e. The molecule has 0 N–H and O–H groups in total. The van der Waals surface area contributed by atoms with Gasteiger partial charge in [0.1, 0.15) is 5.75 Å². The number of hydrogen-bond acceptors (Lipinski definition) is 2. The first-order valence-electron chi connectivity index (χ1n) is 6.91. The molecule has 3 heteroatoms. The third-order valence-corrected chi connectivity index (χ3v) is 4.48. The number of para-hydroxylation sites is 2. The van der Waals surface area contributed by atoms with Crippen molar-refractivity contribution in [1.29, 1.82) is 0 Å². The number of ether oxygens (including phenoxy) is 1. The molecule has 2 nitrogen and oxygen atoms in total. The average molecular weight is 332 g/mol. The standard InChI is InChI=1S/C17H18BrNO/c1-20-17-5-3-2-4-16(17)19-11-10-14(12-19)13-6-8-15(18)9-7-13/h2-9,14H,10-12H2,1H3. The summed E-state index contributed by atoms with van der Waals surface area (Å²) in [6.07, 6.45) is 1.19. The lowest BCUT2D eigenvalue weighted by molar-refractivity contribution is 0.415. The Hall–Kier alpha value is -1.48. The van der Waals surface area contributed by atoms with Crippen LogP contribution in [0.5, 0.6) is 5.75 Å². The third-order valence-electron chi connectivity index (χ3n) is 3.96. The van der Waals surface area contributed by atoms with E-state index in [2.05, 4.69) is 57.2 Å². The smallest absolute Gasteiger partial charge is 0.142 e. The molecule has 0 amide bonds. The summed E-state index contributed by atoms with van der Waals surface area (Å²) in [5.74, 6) is 1.57. The first-order chi connectivity index (χ1) is 9.78. The molecule has 1 saturated heterocycles. The molecule has 0 aliphatic carbocycles. The molecule has 0 saturated carbocycles. The number of anilines is 1. The van der Waals surface area contributed by atoms with E-state index in [1.54, 1.807) is 7.11 Å². The average Bonchev–Trinajstić information content (AvgIpc) is 2.97. The molecular formula is C17H18BrNO. The Balaban J connectivity index is 1.78. The molecule has 1 unspecified atom stereocenters. The molecule has 1 atom stereocenters. The summed E-state index contributed by atoms with van der Waals surface area (Å²) in [7, 11) is 1.74. The zero-order valence-corrected chi connectivity index (χ0v) is 13.1. The van der Waals surface area contributed by atoms with Crippen molar-refractivity contribution < 1.29 is 4.74 Å². The quantitative estimate of drug-likeness (QED) is 0.823. The van der Waals surface area contributed by atoms with Crippen molar-refractivity contribution in [2.24, 2.45) is 0 Å². The van der Waals surface area contributed by atoms with Crippen LogP contribution in [0.1, 0.15) is 17.9 Å². The maximum atomic E-state index is 5.47. The fourth-order valence-corrected chi connectivity index (χ4v) is 3.14. The van der Waals surface area contributed by atoms with Crippen LogP contribution in [0.15, 0.2) is 53.0 Å². The van der Waals surface area contributed by atoms with Gasteiger partial charge in [0.25, 0.3) is 0 Å². The van der Waals surface area contributed by atoms with E-state index in [1.807, 2.05) is 12.1 Å². The summed E-state index contributed by atoms with van der Waals surface area (Å²) < 4.78 is 6.61. The van der Waals surface area contributed by atoms with Gasteiger partial charge in [-0.25, -0.2) is 0 Å². The highest BCUT2D eigenvalue weighted by Crippen LogP contribution is 2.35. The number of methoxy groups -OCH3 is 1. The predicted octanol–water partition coefficient (Wildman–Crippen LogP) is 4.45. The van der Waals surface area contributed by atoms with Crippen molar-refractivity contribution in [3.8, 4) is 5.75 Å². The van der Waals surface area contributed by atoms with E-state index in [0.717, 1.165) is 23.3 Å². The molecule has 104 valence electrons. The molecular weight excluding hydrogens is 314 g/mol. The molecule has 1 heterocycles. The van der Waals surface area contributed by atoms with Crippen molar-refractivity contribution in [3.63, 3.8) is 0 Å². The van der Waals surface area contributed by atoms with Crippen LogP contribution >= 0.6 is 15.9 Å². The van der Waals surface area contributed by atoms with Gasteiger partial charge in [-0.15, -0.1) is 0 Å². The summed E-state index contributed by atoms with van der Waals surface area (Å²) in [6.45, 7) is 2.14. The van der Waals surface area contributed by atoms with Gasteiger partial charge in [-0.1, -0.05) is 40.2 Å². The second-order valence-corrected chi connectivity index (χ2v) is 6.07. The van der Waals surface area contributed by atoms with E-state index in [9.17, 15) is 0 Å². The molecule has 1 aliphatic heterocycles. The van der Waals surface area contributed by atoms with Crippen molar-refractivity contribution in [2.45, 2.75) is 12.3 Å². The van der Waals surface area contributed by atoms with Crippen LogP contribution in [-0.4, -0.2) is 20.2 Å². The highest BCUT2D eigenvalue weighted by atomic mass is 79.9. The summed E-state index contributed by atoms with van der Waals surface area (Å²) in [5.41, 5.74) is 2.63. The number of nitrogens with zero attached hydrogens (tertiary/aromatic N) is 1. The monoisotopic (exact) mass is 331 g/mol. The summed E-state index contributed by atoms with van der Waals surface area (Å²) in [6, 6.07) is 17.0. The molecule has 0 bridgehead atoms. The number of benzene rings is 2. The molecule has 2 aromatic rings. The van der Waals surface area contributed by atoms with E-state index in [-0.39, 0.29) is 0 Å². The Morgan fingerprint density at radius 1 is 1.10 bits per heavy atom. The SMILES string of the molecule is COc1ccccc1N1CCC(c2ccc(Br)cc2)C1. The minimum absolute atomic E-state index is 0.605. The van der Waals surface area contributed by atoms with Crippen LogP contribution < -0.4 is 9.64 Å². The van der Waals surface area contributed by atoms with Crippen LogP contribution in [-0.2, 0) is 0 Å². The second kappa shape index (κ2) is 5.88. The normalized spacial score (nSPS) is 18.3. The topological polar surface area (TPSA) is 12.5 Å². The molecule has 0 radical (unpaired) electrons. The third kappa shape index (κ3) is 2.68. The van der Waals surface area contributed by atoms with Gasteiger partial charge in [0.05, 0.1) is 12.8 Å². The van der Waals surface area contributed by atoms with Gasteiger partial charge >= 0.3 is 0 Å². The molecule has 0 spiro atoms. The lowest BCUT2D eigenvalue weighted by atomic mass is 9.99. The van der Waals surface area contributed by atoms with Gasteiger partial charge in [-0.05, 0) is 36.2 Å². The fourth-order valence-electron chi connectivity index (χ4n) is 2.88. The van der Waals surface area contributed by atoms with Gasteiger partial charge < -0.3 is 9.64 Å². The highest BCUT2D eigenvalue weighted by molar-refractivity contribution is 9.10. The number of halogens is 1. The van der Waals surface area contributed by atoms with E-state index >= 15 is 0 Å². The van der Waals surface area contributed by atoms with E-state index < -0.39 is 0 Å². The zero-order valence-electron chi connectivity index (χ0n) is 11.6. The molecule has 20 heavy (non-hydrogen) atoms. The van der Waals surface area contributed by atoms with Gasteiger partial charge in [-0.3, -0.25) is 0 Å². The van der Waals surface area contributed by atoms with Gasteiger partial charge in [0.15, 0.2) is 0 Å². The lowest BCUT2D eigenvalue weighted by Gasteiger charge is -2.21. The lowest BCUT2D eigenvalue weighted by Crippen LogP contribution is -2.19. The van der Waals surface area contributed by atoms with Crippen molar-refractivity contribution in [3.05, 3.63) is 58.6 Å². The molecule has 1 aliphatic rings. The summed E-state index contributed by atoms with van der Waals surface area (Å²) >= 11 is 3.49. The molecule has 0 aromatic heterocycles. The van der Waals surface area contributed by atoms with E-state index in [1.165, 1.54) is 17.7 Å². The molecule has 2 aromatic carbocycles. The zero-order chi connectivity index (χ0) is 13.9. The van der Waals surface area contributed by atoms with Crippen LogP contribution in [0, 0.1) is 0 Å². The van der Waals surface area contributed by atoms with E-state index in [0.29, 0.717) is 5.92 Å². The maximum Gasteiger partial charge on any atom is 0.142 e. The molecule has 3 rings (SSSR count). The Labute approximate surface area is 128 Å². The van der Waals surface area contributed by atoms with Crippen molar-refractivity contribution in [1.82, 2.24) is 0 Å². The Kier molecular flexibility index (Phi) is 3.97. The first-order valence-corrected chi connectivity index (χ1v) is 7.70.